The van der Waals surface area contributed by atoms with Crippen LogP contribution in [0.5, 0.6) is 0 Å². The molecular formula is C36H28N6O4. The van der Waals surface area contributed by atoms with Crippen LogP contribution in [-0.2, 0) is 19.6 Å². The molecule has 3 amide bonds. The molecule has 3 heterocycles. The number of imidazole rings is 1. The minimum absolute atomic E-state index is 0.0903. The maximum absolute atomic E-state index is 13.9. The number of carbonyl (C=O) groups excluding carboxylic acids is 3. The number of benzene rings is 4. The summed E-state index contributed by atoms with van der Waals surface area (Å²) in [4.78, 5) is 61.9. The van der Waals surface area contributed by atoms with Crippen molar-refractivity contribution in [2.75, 3.05) is 0 Å². The third-order valence-corrected chi connectivity index (χ3v) is 7.95. The predicted octanol–water partition coefficient (Wildman–Crippen LogP) is 4.56. The maximum Gasteiger partial charge on any atom is 0.268 e. The van der Waals surface area contributed by atoms with E-state index in [9.17, 15) is 19.2 Å². The number of amides is 3. The smallest absolute Gasteiger partial charge is 0.268 e. The summed E-state index contributed by atoms with van der Waals surface area (Å²) in [5.41, 5.74) is 3.49. The summed E-state index contributed by atoms with van der Waals surface area (Å²) in [5.74, 6) is -1.30. The fourth-order valence-electron chi connectivity index (χ4n) is 5.65. The van der Waals surface area contributed by atoms with Crippen LogP contribution >= 0.6 is 0 Å². The molecule has 10 heteroatoms. The van der Waals surface area contributed by atoms with E-state index in [1.165, 1.54) is 22.9 Å². The Hall–Kier alpha value is -6.29. The fraction of sp³-hybridized carbons (Fsp3) is 0.0833. The molecule has 3 aromatic heterocycles. The van der Waals surface area contributed by atoms with Crippen molar-refractivity contribution in [1.29, 1.82) is 0 Å². The molecule has 46 heavy (non-hydrogen) atoms. The second kappa shape index (κ2) is 12.0. The van der Waals surface area contributed by atoms with Crippen molar-refractivity contribution >= 4 is 45.0 Å². The number of hydrogen-bond acceptors (Lipinski definition) is 5. The maximum atomic E-state index is 13.9. The number of carbonyl (C=O) groups is 3. The van der Waals surface area contributed by atoms with Crippen molar-refractivity contribution in [3.05, 3.63) is 153 Å². The number of rotatable bonds is 9. The van der Waals surface area contributed by atoms with E-state index in [1.54, 1.807) is 0 Å². The van der Waals surface area contributed by atoms with Gasteiger partial charge in [0.05, 0.1) is 22.0 Å². The van der Waals surface area contributed by atoms with Crippen LogP contribution in [0.15, 0.2) is 114 Å². The van der Waals surface area contributed by atoms with Gasteiger partial charge in [0, 0.05) is 25.0 Å². The number of hydrogen-bond donors (Lipinski definition) is 4. The number of aromatic amines is 1. The molecule has 0 aliphatic rings. The lowest BCUT2D eigenvalue weighted by atomic mass is 10.0. The number of nitrogens with zero attached hydrogens (tertiary/aromatic N) is 2. The van der Waals surface area contributed by atoms with E-state index < -0.39 is 23.2 Å². The Balaban J connectivity index is 1.33. The largest absolute Gasteiger partial charge is 0.350 e. The first-order valence-corrected chi connectivity index (χ1v) is 14.8. The molecule has 0 saturated carbocycles. The Kier molecular flexibility index (Phi) is 7.43. The van der Waals surface area contributed by atoms with Crippen LogP contribution in [0.2, 0.25) is 0 Å². The zero-order valence-electron chi connectivity index (χ0n) is 24.5. The lowest BCUT2D eigenvalue weighted by Crippen LogP contribution is -2.27. The normalized spacial score (nSPS) is 11.2. The molecular weight excluding hydrogens is 580 g/mol. The van der Waals surface area contributed by atoms with Gasteiger partial charge in [0.1, 0.15) is 23.2 Å². The molecule has 10 nitrogen and oxygen atoms in total. The number of H-pyrrole nitrogens is 1. The molecule has 0 unspecified atom stereocenters. The van der Waals surface area contributed by atoms with Crippen LogP contribution in [0.3, 0.4) is 0 Å². The highest BCUT2D eigenvalue weighted by atomic mass is 16.2. The van der Waals surface area contributed by atoms with Crippen molar-refractivity contribution < 1.29 is 14.4 Å². The summed E-state index contributed by atoms with van der Waals surface area (Å²) in [6, 6.07) is 31.4. The van der Waals surface area contributed by atoms with Crippen molar-refractivity contribution in [3.8, 4) is 0 Å². The van der Waals surface area contributed by atoms with Gasteiger partial charge in [0.25, 0.3) is 17.7 Å². The Morgan fingerprint density at radius 1 is 0.674 bits per heavy atom. The molecule has 0 aliphatic carbocycles. The second-order valence-corrected chi connectivity index (χ2v) is 10.9. The van der Waals surface area contributed by atoms with E-state index in [0.717, 1.165) is 16.7 Å². The van der Waals surface area contributed by atoms with Crippen LogP contribution in [0.25, 0.3) is 27.3 Å². The minimum Gasteiger partial charge on any atom is -0.350 e. The summed E-state index contributed by atoms with van der Waals surface area (Å²) in [5, 5.41) is 9.33. The lowest BCUT2D eigenvalue weighted by molar-refractivity contribution is 0.0936. The molecule has 4 N–H and O–H groups in total. The molecule has 7 aromatic rings. The predicted molar refractivity (Wildman–Crippen MR) is 175 cm³/mol. The average molecular weight is 609 g/mol. The van der Waals surface area contributed by atoms with E-state index in [1.807, 2.05) is 91.0 Å². The van der Waals surface area contributed by atoms with E-state index in [-0.39, 0.29) is 40.9 Å². The summed E-state index contributed by atoms with van der Waals surface area (Å²) in [6.07, 6.45) is 1.41. The van der Waals surface area contributed by atoms with Gasteiger partial charge in [0.15, 0.2) is 0 Å². The van der Waals surface area contributed by atoms with Gasteiger partial charge in [-0.25, -0.2) is 4.98 Å². The molecule has 0 bridgehead atoms. The van der Waals surface area contributed by atoms with Crippen LogP contribution < -0.4 is 21.4 Å². The van der Waals surface area contributed by atoms with Gasteiger partial charge in [-0.1, -0.05) is 91.0 Å². The first-order valence-electron chi connectivity index (χ1n) is 14.8. The van der Waals surface area contributed by atoms with E-state index >= 15 is 0 Å². The molecule has 0 saturated heterocycles. The Labute approximate surface area is 262 Å². The summed E-state index contributed by atoms with van der Waals surface area (Å²) < 4.78 is 1.52. The molecule has 0 radical (unpaired) electrons. The number of fused-ring (bicyclic) bond motifs is 2. The van der Waals surface area contributed by atoms with Gasteiger partial charge in [0.2, 0.25) is 5.43 Å². The van der Waals surface area contributed by atoms with E-state index in [0.29, 0.717) is 23.0 Å². The molecule has 0 aliphatic heterocycles. The van der Waals surface area contributed by atoms with Gasteiger partial charge in [-0.05, 0) is 28.8 Å². The number of aromatic nitrogens is 3. The van der Waals surface area contributed by atoms with Crippen LogP contribution in [0, 0.1) is 0 Å². The third-order valence-electron chi connectivity index (χ3n) is 7.95. The van der Waals surface area contributed by atoms with Crippen LogP contribution in [0.1, 0.15) is 48.0 Å². The van der Waals surface area contributed by atoms with E-state index in [2.05, 4.69) is 25.9 Å². The van der Waals surface area contributed by atoms with Crippen molar-refractivity contribution in [1.82, 2.24) is 30.3 Å². The molecule has 0 spiro atoms. The second-order valence-electron chi connectivity index (χ2n) is 10.9. The highest BCUT2D eigenvalue weighted by Gasteiger charge is 2.26. The van der Waals surface area contributed by atoms with Crippen molar-refractivity contribution in [3.63, 3.8) is 0 Å². The van der Waals surface area contributed by atoms with Crippen LogP contribution in [-0.4, -0.2) is 32.1 Å². The quantitative estimate of drug-likeness (QED) is 0.191. The van der Waals surface area contributed by atoms with Crippen LogP contribution in [0.4, 0.5) is 0 Å². The van der Waals surface area contributed by atoms with Gasteiger partial charge < -0.3 is 20.9 Å². The molecule has 0 atom stereocenters. The highest BCUT2D eigenvalue weighted by molar-refractivity contribution is 6.22. The Bertz CT molecular complexity index is 2280. The molecule has 0 fully saturated rings. The monoisotopic (exact) mass is 608 g/mol. The molecule has 226 valence electrons. The third kappa shape index (κ3) is 5.32. The number of pyridine rings is 1. The van der Waals surface area contributed by atoms with Crippen molar-refractivity contribution in [2.45, 2.75) is 19.6 Å². The first-order chi connectivity index (χ1) is 22.5. The number of nitrogens with one attached hydrogen (secondary N) is 4. The SMILES string of the molecule is O=C(NCc1ccccc1)c1cc2c(=O)c3ncn4c(C(=O)NCc5ccccc5)cc(C(=O)NCc5ccccc5)c(c2[nH]1)c34. The summed E-state index contributed by atoms with van der Waals surface area (Å²) >= 11 is 0. The molecule has 4 aromatic carbocycles. The Morgan fingerprint density at radius 3 is 1.76 bits per heavy atom. The zero-order chi connectivity index (χ0) is 31.6. The van der Waals surface area contributed by atoms with E-state index in [4.69, 9.17) is 0 Å². The standard InChI is InChI=1S/C36H28N6O4/c43-33-26-16-27(35(45)38-19-23-12-6-2-7-13-23)41-30(26)29-25(34(44)37-18-22-10-4-1-5-11-22)17-28(42-21-40-31(33)32(29)42)36(46)39-20-24-14-8-3-9-15-24/h1-17,21,41H,18-20H2,(H,37,44)(H,38,45)(H,39,46). The summed E-state index contributed by atoms with van der Waals surface area (Å²) in [6.45, 7) is 0.806. The fourth-order valence-corrected chi connectivity index (χ4v) is 5.65. The minimum atomic E-state index is -0.449. The first kappa shape index (κ1) is 28.5. The average Bonchev–Trinajstić information content (AvgIpc) is 3.75. The van der Waals surface area contributed by atoms with Crippen molar-refractivity contribution in [2.24, 2.45) is 0 Å². The van der Waals surface area contributed by atoms with Gasteiger partial charge in [-0.15, -0.1) is 0 Å². The summed E-state index contributed by atoms with van der Waals surface area (Å²) in [7, 11) is 0. The van der Waals surface area contributed by atoms with Gasteiger partial charge in [-0.3, -0.25) is 23.6 Å². The topological polar surface area (TPSA) is 137 Å². The lowest BCUT2D eigenvalue weighted by Gasteiger charge is -2.14. The zero-order valence-corrected chi connectivity index (χ0v) is 24.5. The van der Waals surface area contributed by atoms with Gasteiger partial charge >= 0.3 is 0 Å². The molecule has 7 rings (SSSR count). The Morgan fingerprint density at radius 2 is 1.20 bits per heavy atom. The van der Waals surface area contributed by atoms with Gasteiger partial charge in [-0.2, -0.15) is 0 Å². The highest BCUT2D eigenvalue weighted by Crippen LogP contribution is 2.31.